The van der Waals surface area contributed by atoms with E-state index in [1.54, 1.807) is 0 Å². The number of halogens is 1. The van der Waals surface area contributed by atoms with Gasteiger partial charge in [-0.05, 0) is 24.3 Å². The van der Waals surface area contributed by atoms with E-state index in [-0.39, 0.29) is 17.2 Å². The molecule has 0 aliphatic rings. The van der Waals surface area contributed by atoms with Gasteiger partial charge in [0, 0.05) is 17.7 Å². The summed E-state index contributed by atoms with van der Waals surface area (Å²) < 4.78 is 13.1. The van der Waals surface area contributed by atoms with Crippen LogP contribution < -0.4 is 5.32 Å². The Kier molecular flexibility index (Phi) is 3.26. The molecule has 22 heavy (non-hydrogen) atoms. The van der Waals surface area contributed by atoms with E-state index in [4.69, 9.17) is 0 Å². The SMILES string of the molecule is O=C(Nc1nc2ccc([N+](=O)[O-])cc2[nH]1)c1cccc(F)c1. The van der Waals surface area contributed by atoms with Gasteiger partial charge in [-0.3, -0.25) is 20.2 Å². The largest absolute Gasteiger partial charge is 0.324 e. The van der Waals surface area contributed by atoms with Crippen molar-refractivity contribution in [2.45, 2.75) is 0 Å². The number of nitro groups is 1. The Bertz CT molecular complexity index is 891. The van der Waals surface area contributed by atoms with Crippen LogP contribution in [0.5, 0.6) is 0 Å². The lowest BCUT2D eigenvalue weighted by molar-refractivity contribution is -0.384. The fraction of sp³-hybridized carbons (Fsp3) is 0. The molecule has 2 aromatic carbocycles. The molecule has 0 bridgehead atoms. The van der Waals surface area contributed by atoms with E-state index < -0.39 is 16.6 Å². The summed E-state index contributed by atoms with van der Waals surface area (Å²) in [6.45, 7) is 0. The molecule has 0 aliphatic heterocycles. The van der Waals surface area contributed by atoms with Crippen LogP contribution in [0.4, 0.5) is 16.0 Å². The molecule has 3 rings (SSSR count). The Balaban J connectivity index is 1.87. The van der Waals surface area contributed by atoms with Gasteiger partial charge in [0.2, 0.25) is 5.95 Å². The van der Waals surface area contributed by atoms with Gasteiger partial charge in [0.25, 0.3) is 11.6 Å². The first kappa shape index (κ1) is 13.7. The van der Waals surface area contributed by atoms with Crippen molar-refractivity contribution >= 4 is 28.6 Å². The Morgan fingerprint density at radius 3 is 2.82 bits per heavy atom. The van der Waals surface area contributed by atoms with Crippen LogP contribution in [-0.4, -0.2) is 20.8 Å². The number of anilines is 1. The van der Waals surface area contributed by atoms with Crippen LogP contribution >= 0.6 is 0 Å². The highest BCUT2D eigenvalue weighted by molar-refractivity contribution is 6.04. The first-order valence-electron chi connectivity index (χ1n) is 6.24. The number of rotatable bonds is 3. The second-order valence-corrected chi connectivity index (χ2v) is 4.51. The Hall–Kier alpha value is -3.29. The maximum absolute atomic E-state index is 13.1. The average Bonchev–Trinajstić information content (AvgIpc) is 2.88. The summed E-state index contributed by atoms with van der Waals surface area (Å²) in [6, 6.07) is 9.33. The van der Waals surface area contributed by atoms with Crippen molar-refractivity contribution in [3.8, 4) is 0 Å². The summed E-state index contributed by atoms with van der Waals surface area (Å²) in [7, 11) is 0. The molecule has 8 heteroatoms. The maximum atomic E-state index is 13.1. The zero-order valence-electron chi connectivity index (χ0n) is 11.0. The number of nitrogens with one attached hydrogen (secondary N) is 2. The molecule has 0 saturated carbocycles. The summed E-state index contributed by atoms with van der Waals surface area (Å²) in [5.74, 6) is -0.925. The third-order valence-electron chi connectivity index (χ3n) is 3.00. The van der Waals surface area contributed by atoms with Gasteiger partial charge in [-0.1, -0.05) is 6.07 Å². The Morgan fingerprint density at radius 2 is 2.09 bits per heavy atom. The van der Waals surface area contributed by atoms with Crippen molar-refractivity contribution in [3.05, 3.63) is 64.0 Å². The molecule has 0 unspecified atom stereocenters. The number of amides is 1. The number of nitrogens with zero attached hydrogens (tertiary/aromatic N) is 2. The topological polar surface area (TPSA) is 101 Å². The van der Waals surface area contributed by atoms with E-state index in [0.717, 1.165) is 6.07 Å². The second-order valence-electron chi connectivity index (χ2n) is 4.51. The summed E-state index contributed by atoms with van der Waals surface area (Å²) in [6.07, 6.45) is 0. The number of H-pyrrole nitrogens is 1. The molecule has 0 radical (unpaired) electrons. The number of fused-ring (bicyclic) bond motifs is 1. The van der Waals surface area contributed by atoms with Crippen LogP contribution in [0.1, 0.15) is 10.4 Å². The van der Waals surface area contributed by atoms with Gasteiger partial charge < -0.3 is 4.98 Å². The number of hydrogen-bond donors (Lipinski definition) is 2. The molecular formula is C14H9FN4O3. The Morgan fingerprint density at radius 1 is 1.27 bits per heavy atom. The minimum Gasteiger partial charge on any atom is -0.324 e. The van der Waals surface area contributed by atoms with E-state index in [1.807, 2.05) is 0 Å². The molecular weight excluding hydrogens is 291 g/mol. The number of benzene rings is 2. The van der Waals surface area contributed by atoms with E-state index in [9.17, 15) is 19.3 Å². The zero-order chi connectivity index (χ0) is 15.7. The number of imidazole rings is 1. The number of hydrogen-bond acceptors (Lipinski definition) is 4. The molecule has 2 N–H and O–H groups in total. The molecule has 1 aromatic heterocycles. The number of nitro benzene ring substituents is 1. The standard InChI is InChI=1S/C14H9FN4O3/c15-9-3-1-2-8(6-9)13(20)18-14-16-11-5-4-10(19(21)22)7-12(11)17-14/h1-7H,(H2,16,17,18,20). The molecule has 0 spiro atoms. The number of aromatic nitrogens is 2. The molecule has 0 saturated heterocycles. The summed E-state index contributed by atoms with van der Waals surface area (Å²) >= 11 is 0. The van der Waals surface area contributed by atoms with Gasteiger partial charge in [-0.2, -0.15) is 0 Å². The highest BCUT2D eigenvalue weighted by Gasteiger charge is 2.12. The van der Waals surface area contributed by atoms with Gasteiger partial charge in [0.1, 0.15) is 5.82 Å². The van der Waals surface area contributed by atoms with Crippen molar-refractivity contribution < 1.29 is 14.1 Å². The third-order valence-corrected chi connectivity index (χ3v) is 3.00. The molecule has 0 fully saturated rings. The highest BCUT2D eigenvalue weighted by atomic mass is 19.1. The lowest BCUT2D eigenvalue weighted by atomic mass is 10.2. The van der Waals surface area contributed by atoms with Gasteiger partial charge in [-0.15, -0.1) is 0 Å². The summed E-state index contributed by atoms with van der Waals surface area (Å²) in [5.41, 5.74) is 0.953. The minimum absolute atomic E-state index is 0.0841. The molecule has 1 amide bonds. The van der Waals surface area contributed by atoms with E-state index in [2.05, 4.69) is 15.3 Å². The monoisotopic (exact) mass is 300 g/mol. The number of carbonyl (C=O) groups excluding carboxylic acids is 1. The predicted octanol–water partition coefficient (Wildman–Crippen LogP) is 2.86. The highest BCUT2D eigenvalue weighted by Crippen LogP contribution is 2.20. The van der Waals surface area contributed by atoms with Gasteiger partial charge in [0.05, 0.1) is 16.0 Å². The Labute approximate surface area is 122 Å². The first-order valence-corrected chi connectivity index (χ1v) is 6.24. The molecule has 0 aliphatic carbocycles. The maximum Gasteiger partial charge on any atom is 0.271 e. The van der Waals surface area contributed by atoms with Gasteiger partial charge in [-0.25, -0.2) is 9.37 Å². The quantitative estimate of drug-likeness (QED) is 0.573. The van der Waals surface area contributed by atoms with Crippen LogP contribution in [0.2, 0.25) is 0 Å². The van der Waals surface area contributed by atoms with Crippen molar-refractivity contribution in [3.63, 3.8) is 0 Å². The second kappa shape index (κ2) is 5.24. The number of carbonyl (C=O) groups is 1. The molecule has 0 atom stereocenters. The fourth-order valence-electron chi connectivity index (χ4n) is 1.98. The van der Waals surface area contributed by atoms with Crippen LogP contribution in [-0.2, 0) is 0 Å². The predicted molar refractivity (Wildman–Crippen MR) is 77.1 cm³/mol. The van der Waals surface area contributed by atoms with Crippen molar-refractivity contribution in [1.82, 2.24) is 9.97 Å². The smallest absolute Gasteiger partial charge is 0.271 e. The van der Waals surface area contributed by atoms with E-state index in [0.29, 0.717) is 11.0 Å². The molecule has 1 heterocycles. The molecule has 7 nitrogen and oxygen atoms in total. The van der Waals surface area contributed by atoms with Crippen LogP contribution in [0.15, 0.2) is 42.5 Å². The van der Waals surface area contributed by atoms with Crippen LogP contribution in [0.3, 0.4) is 0 Å². The average molecular weight is 300 g/mol. The van der Waals surface area contributed by atoms with E-state index in [1.165, 1.54) is 36.4 Å². The van der Waals surface area contributed by atoms with Crippen molar-refractivity contribution in [2.75, 3.05) is 5.32 Å². The summed E-state index contributed by atoms with van der Waals surface area (Å²) in [4.78, 5) is 29.0. The number of aromatic amines is 1. The zero-order valence-corrected chi connectivity index (χ0v) is 11.0. The lowest BCUT2D eigenvalue weighted by Crippen LogP contribution is -2.13. The van der Waals surface area contributed by atoms with Crippen LogP contribution in [0, 0.1) is 15.9 Å². The van der Waals surface area contributed by atoms with Crippen LogP contribution in [0.25, 0.3) is 11.0 Å². The molecule has 3 aromatic rings. The third kappa shape index (κ3) is 2.62. The number of non-ortho nitro benzene ring substituents is 1. The normalized spacial score (nSPS) is 10.6. The minimum atomic E-state index is -0.534. The summed E-state index contributed by atoms with van der Waals surface area (Å²) in [5, 5.41) is 13.2. The fourth-order valence-corrected chi connectivity index (χ4v) is 1.98. The molecule has 110 valence electrons. The van der Waals surface area contributed by atoms with E-state index >= 15 is 0 Å². The lowest BCUT2D eigenvalue weighted by Gasteiger charge is -2.01. The van der Waals surface area contributed by atoms with Gasteiger partial charge >= 0.3 is 0 Å². The van der Waals surface area contributed by atoms with Crippen molar-refractivity contribution in [2.24, 2.45) is 0 Å². The van der Waals surface area contributed by atoms with Crippen molar-refractivity contribution in [1.29, 1.82) is 0 Å². The first-order chi connectivity index (χ1) is 10.5. The van der Waals surface area contributed by atoms with Gasteiger partial charge in [0.15, 0.2) is 0 Å².